The Morgan fingerprint density at radius 1 is 1.00 bits per heavy atom. The quantitative estimate of drug-likeness (QED) is 0.887. The minimum Gasteiger partial charge on any atom is -0.480 e. The number of carbonyl (C=O) groups is 2. The summed E-state index contributed by atoms with van der Waals surface area (Å²) in [6, 6.07) is 12.7. The van der Waals surface area contributed by atoms with Crippen molar-refractivity contribution >= 4 is 28.5 Å². The third-order valence-corrected chi connectivity index (χ3v) is 4.02. The van der Waals surface area contributed by atoms with Crippen molar-refractivity contribution in [2.75, 3.05) is 24.5 Å². The number of carboxylic acids is 1. The molecule has 1 aliphatic rings. The summed E-state index contributed by atoms with van der Waals surface area (Å²) < 4.78 is 0. The van der Waals surface area contributed by atoms with Crippen molar-refractivity contribution < 1.29 is 19.8 Å². The van der Waals surface area contributed by atoms with E-state index in [1.807, 2.05) is 47.4 Å². The molecule has 2 aromatic rings. The number of rotatable bonds is 2. The summed E-state index contributed by atoms with van der Waals surface area (Å²) in [5.41, 5.74) is 0.939. The Balaban J connectivity index is 1.95. The van der Waals surface area contributed by atoms with Gasteiger partial charge in [0.05, 0.1) is 0 Å². The molecule has 0 aromatic heterocycles. The number of aliphatic carboxylic acids is 1. The van der Waals surface area contributed by atoms with Gasteiger partial charge < -0.3 is 15.1 Å². The van der Waals surface area contributed by atoms with Crippen LogP contribution < -0.4 is 4.90 Å². The molecular formula is C16H16N2O4. The van der Waals surface area contributed by atoms with Crippen LogP contribution in [-0.4, -0.2) is 52.9 Å². The fraction of sp³-hybridized carbons (Fsp3) is 0.250. The summed E-state index contributed by atoms with van der Waals surface area (Å²) in [4.78, 5) is 25.5. The Morgan fingerprint density at radius 3 is 2.45 bits per heavy atom. The Bertz CT molecular complexity index is 726. The molecule has 1 atom stereocenters. The highest BCUT2D eigenvalue weighted by Crippen LogP contribution is 2.28. The molecule has 3 rings (SSSR count). The summed E-state index contributed by atoms with van der Waals surface area (Å²) in [7, 11) is 0. The SMILES string of the molecule is O=C(O)[C@H]1CN(c2cccc3ccccc23)CCN1C(=O)O. The second-order valence-corrected chi connectivity index (χ2v) is 5.27. The van der Waals surface area contributed by atoms with Crippen LogP contribution in [-0.2, 0) is 4.79 Å². The molecule has 0 spiro atoms. The third-order valence-electron chi connectivity index (χ3n) is 4.02. The lowest BCUT2D eigenvalue weighted by atomic mass is 10.1. The van der Waals surface area contributed by atoms with Gasteiger partial charge in [-0.2, -0.15) is 0 Å². The number of carboxylic acid groups (broad SMARTS) is 2. The molecule has 1 amide bonds. The lowest BCUT2D eigenvalue weighted by Crippen LogP contribution is -2.58. The van der Waals surface area contributed by atoms with Crippen LogP contribution in [0.3, 0.4) is 0 Å². The second-order valence-electron chi connectivity index (χ2n) is 5.27. The topological polar surface area (TPSA) is 81.1 Å². The van der Waals surface area contributed by atoms with Crippen molar-refractivity contribution in [1.82, 2.24) is 4.90 Å². The van der Waals surface area contributed by atoms with Gasteiger partial charge in [0.25, 0.3) is 0 Å². The van der Waals surface area contributed by atoms with Crippen molar-refractivity contribution in [2.24, 2.45) is 0 Å². The van der Waals surface area contributed by atoms with E-state index < -0.39 is 18.1 Å². The van der Waals surface area contributed by atoms with E-state index in [-0.39, 0.29) is 13.1 Å². The Labute approximate surface area is 127 Å². The molecule has 0 radical (unpaired) electrons. The van der Waals surface area contributed by atoms with E-state index in [0.717, 1.165) is 21.4 Å². The molecule has 6 heteroatoms. The molecule has 0 bridgehead atoms. The van der Waals surface area contributed by atoms with Crippen molar-refractivity contribution in [3.05, 3.63) is 42.5 Å². The number of anilines is 1. The van der Waals surface area contributed by atoms with E-state index in [9.17, 15) is 14.7 Å². The van der Waals surface area contributed by atoms with Crippen LogP contribution >= 0.6 is 0 Å². The molecule has 0 unspecified atom stereocenters. The minimum absolute atomic E-state index is 0.148. The maximum Gasteiger partial charge on any atom is 0.408 e. The van der Waals surface area contributed by atoms with Crippen LogP contribution in [0.2, 0.25) is 0 Å². The molecule has 6 nitrogen and oxygen atoms in total. The van der Waals surface area contributed by atoms with Crippen LogP contribution in [0.15, 0.2) is 42.5 Å². The smallest absolute Gasteiger partial charge is 0.408 e. The number of amides is 1. The first-order chi connectivity index (χ1) is 10.6. The second kappa shape index (κ2) is 5.55. The summed E-state index contributed by atoms with van der Waals surface area (Å²) in [5, 5.41) is 20.6. The summed E-state index contributed by atoms with van der Waals surface area (Å²) >= 11 is 0. The van der Waals surface area contributed by atoms with Crippen molar-refractivity contribution in [2.45, 2.75) is 6.04 Å². The average Bonchev–Trinajstić information content (AvgIpc) is 2.53. The normalized spacial score (nSPS) is 18.5. The minimum atomic E-state index is -1.19. The monoisotopic (exact) mass is 300 g/mol. The molecule has 2 aromatic carbocycles. The Hall–Kier alpha value is -2.76. The zero-order valence-corrected chi connectivity index (χ0v) is 11.8. The molecular weight excluding hydrogens is 284 g/mol. The fourth-order valence-electron chi connectivity index (χ4n) is 2.93. The summed E-state index contributed by atoms with van der Waals surface area (Å²) in [6.07, 6.45) is -1.19. The predicted octanol–water partition coefficient (Wildman–Crippen LogP) is 2.09. The maximum absolute atomic E-state index is 11.4. The first-order valence-corrected chi connectivity index (χ1v) is 7.03. The van der Waals surface area contributed by atoms with Gasteiger partial charge in [-0.1, -0.05) is 36.4 Å². The van der Waals surface area contributed by atoms with Crippen molar-refractivity contribution in [1.29, 1.82) is 0 Å². The lowest BCUT2D eigenvalue weighted by molar-refractivity contribution is -0.142. The number of hydrogen-bond donors (Lipinski definition) is 2. The Kier molecular flexibility index (Phi) is 3.58. The van der Waals surface area contributed by atoms with Crippen LogP contribution in [0, 0.1) is 0 Å². The van der Waals surface area contributed by atoms with Crippen LogP contribution in [0.1, 0.15) is 0 Å². The van der Waals surface area contributed by atoms with Crippen molar-refractivity contribution in [3.8, 4) is 0 Å². The van der Waals surface area contributed by atoms with Gasteiger partial charge in [-0.3, -0.25) is 4.90 Å². The fourth-order valence-corrected chi connectivity index (χ4v) is 2.93. The van der Waals surface area contributed by atoms with E-state index in [1.165, 1.54) is 0 Å². The van der Waals surface area contributed by atoms with Crippen molar-refractivity contribution in [3.63, 3.8) is 0 Å². The summed E-state index contributed by atoms with van der Waals surface area (Å²) in [5.74, 6) is -1.12. The maximum atomic E-state index is 11.4. The highest BCUT2D eigenvalue weighted by Gasteiger charge is 2.35. The molecule has 1 heterocycles. The van der Waals surface area contributed by atoms with Gasteiger partial charge in [0.2, 0.25) is 0 Å². The number of piperazine rings is 1. The number of fused-ring (bicyclic) bond motifs is 1. The van der Waals surface area contributed by atoms with Crippen LogP contribution in [0.25, 0.3) is 10.8 Å². The molecule has 1 saturated heterocycles. The first kappa shape index (κ1) is 14.2. The van der Waals surface area contributed by atoms with Gasteiger partial charge >= 0.3 is 12.1 Å². The molecule has 22 heavy (non-hydrogen) atoms. The standard InChI is InChI=1S/C16H16N2O4/c19-15(20)14-10-17(8-9-18(14)16(21)22)13-7-3-5-11-4-1-2-6-12(11)13/h1-7,14H,8-10H2,(H,19,20)(H,21,22)/t14-/m1/s1. The molecule has 2 N–H and O–H groups in total. The van der Waals surface area contributed by atoms with Gasteiger partial charge in [0, 0.05) is 30.7 Å². The van der Waals surface area contributed by atoms with Gasteiger partial charge in [-0.25, -0.2) is 9.59 Å². The van der Waals surface area contributed by atoms with Crippen LogP contribution in [0.5, 0.6) is 0 Å². The zero-order valence-electron chi connectivity index (χ0n) is 11.8. The molecule has 1 aliphatic heterocycles. The van der Waals surface area contributed by atoms with E-state index in [4.69, 9.17) is 5.11 Å². The van der Waals surface area contributed by atoms with Gasteiger partial charge in [-0.15, -0.1) is 0 Å². The highest BCUT2D eigenvalue weighted by atomic mass is 16.4. The van der Waals surface area contributed by atoms with Gasteiger partial charge in [-0.05, 0) is 11.5 Å². The summed E-state index contributed by atoms with van der Waals surface area (Å²) in [6.45, 7) is 0.801. The zero-order chi connectivity index (χ0) is 15.7. The number of benzene rings is 2. The highest BCUT2D eigenvalue weighted by molar-refractivity contribution is 5.94. The van der Waals surface area contributed by atoms with E-state index >= 15 is 0 Å². The Morgan fingerprint density at radius 2 is 1.73 bits per heavy atom. The molecule has 0 aliphatic carbocycles. The average molecular weight is 300 g/mol. The number of nitrogens with zero attached hydrogens (tertiary/aromatic N) is 2. The first-order valence-electron chi connectivity index (χ1n) is 7.03. The number of hydrogen-bond acceptors (Lipinski definition) is 3. The largest absolute Gasteiger partial charge is 0.480 e. The van der Waals surface area contributed by atoms with Crippen LogP contribution in [0.4, 0.5) is 10.5 Å². The van der Waals surface area contributed by atoms with Gasteiger partial charge in [0.1, 0.15) is 6.04 Å². The molecule has 0 saturated carbocycles. The van der Waals surface area contributed by atoms with E-state index in [1.54, 1.807) is 0 Å². The van der Waals surface area contributed by atoms with E-state index in [2.05, 4.69) is 0 Å². The van der Waals surface area contributed by atoms with Gasteiger partial charge in [0.15, 0.2) is 0 Å². The predicted molar refractivity (Wildman–Crippen MR) is 82.3 cm³/mol. The van der Waals surface area contributed by atoms with E-state index in [0.29, 0.717) is 6.54 Å². The lowest BCUT2D eigenvalue weighted by Gasteiger charge is -2.39. The molecule has 114 valence electrons. The third kappa shape index (κ3) is 2.43. The molecule has 1 fully saturated rings.